The van der Waals surface area contributed by atoms with Crippen molar-refractivity contribution >= 4 is 26.7 Å². The first-order valence-corrected chi connectivity index (χ1v) is 11.2. The maximum absolute atomic E-state index is 13.2. The van der Waals surface area contributed by atoms with Crippen molar-refractivity contribution in [1.82, 2.24) is 9.97 Å². The number of benzene rings is 2. The Hall–Kier alpha value is -2.98. The van der Waals surface area contributed by atoms with Crippen LogP contribution in [0.25, 0.3) is 11.0 Å². The van der Waals surface area contributed by atoms with Crippen LogP contribution in [0.2, 0.25) is 0 Å². The smallest absolute Gasteiger partial charge is 0.200 e. The van der Waals surface area contributed by atoms with Crippen LogP contribution in [-0.4, -0.2) is 24.9 Å². The van der Waals surface area contributed by atoms with Gasteiger partial charge in [0, 0.05) is 6.54 Å². The highest BCUT2D eigenvalue weighted by Gasteiger charge is 2.33. The number of sulfone groups is 1. The first kappa shape index (κ1) is 20.7. The van der Waals surface area contributed by atoms with Crippen LogP contribution in [0.15, 0.2) is 53.4 Å². The molecule has 1 N–H and O–H groups in total. The number of hydrogen-bond donors (Lipinski definition) is 1. The fourth-order valence-corrected chi connectivity index (χ4v) is 4.43. The number of fused-ring (bicyclic) bond motifs is 1. The second-order valence-corrected chi connectivity index (χ2v) is 8.98. The maximum atomic E-state index is 13.2. The fourth-order valence-electron chi connectivity index (χ4n) is 3.05. The number of nitrogens with zero attached hydrogens (tertiary/aromatic N) is 3. The lowest BCUT2D eigenvalue weighted by molar-refractivity contribution is 0.590. The minimum Gasteiger partial charge on any atom is -0.368 e. The van der Waals surface area contributed by atoms with Crippen LogP contribution in [-0.2, 0) is 9.84 Å². The van der Waals surface area contributed by atoms with Crippen LogP contribution in [0.3, 0.4) is 0 Å². The van der Waals surface area contributed by atoms with Gasteiger partial charge in [0.1, 0.15) is 5.69 Å². The molecule has 0 fully saturated rings. The van der Waals surface area contributed by atoms with Crippen molar-refractivity contribution in [3.63, 3.8) is 0 Å². The first-order chi connectivity index (χ1) is 14.0. The Morgan fingerprint density at radius 2 is 1.69 bits per heavy atom. The van der Waals surface area contributed by atoms with E-state index in [0.29, 0.717) is 23.4 Å². The Labute approximate surface area is 171 Å². The molecule has 1 atom stereocenters. The molecule has 0 aliphatic rings. The van der Waals surface area contributed by atoms with Crippen LogP contribution in [0.4, 0.5) is 5.82 Å². The molecule has 1 heterocycles. The van der Waals surface area contributed by atoms with E-state index in [1.807, 2.05) is 31.2 Å². The van der Waals surface area contributed by atoms with Gasteiger partial charge in [-0.05, 0) is 37.6 Å². The van der Waals surface area contributed by atoms with Crippen molar-refractivity contribution in [2.45, 2.75) is 43.3 Å². The number of anilines is 1. The van der Waals surface area contributed by atoms with Crippen molar-refractivity contribution in [3.8, 4) is 6.07 Å². The van der Waals surface area contributed by atoms with Crippen molar-refractivity contribution in [2.75, 3.05) is 11.9 Å². The molecule has 3 rings (SSSR count). The van der Waals surface area contributed by atoms with Crippen LogP contribution in [0.5, 0.6) is 0 Å². The van der Waals surface area contributed by atoms with Gasteiger partial charge >= 0.3 is 0 Å². The third-order valence-electron chi connectivity index (χ3n) is 4.70. The SMILES string of the molecule is CCCCCNc1nc2ccccc2nc1[C@@H](C#N)S(=O)(=O)c1ccc(C)cc1. The Morgan fingerprint density at radius 3 is 2.31 bits per heavy atom. The normalized spacial score (nSPS) is 12.4. The Balaban J connectivity index is 2.08. The van der Waals surface area contributed by atoms with Gasteiger partial charge in [0.05, 0.1) is 22.0 Å². The summed E-state index contributed by atoms with van der Waals surface area (Å²) in [5.74, 6) is 0.349. The van der Waals surface area contributed by atoms with Gasteiger partial charge in [-0.2, -0.15) is 5.26 Å². The summed E-state index contributed by atoms with van der Waals surface area (Å²) in [5, 5.41) is 11.6. The molecule has 0 radical (unpaired) electrons. The molecule has 0 unspecified atom stereocenters. The second-order valence-electron chi connectivity index (χ2n) is 6.95. The lowest BCUT2D eigenvalue weighted by Gasteiger charge is -2.16. The highest BCUT2D eigenvalue weighted by molar-refractivity contribution is 7.92. The minimum atomic E-state index is -3.95. The number of para-hydroxylation sites is 2. The summed E-state index contributed by atoms with van der Waals surface area (Å²) in [4.78, 5) is 9.20. The van der Waals surface area contributed by atoms with Crippen LogP contribution in [0, 0.1) is 18.3 Å². The molecular formula is C22H24N4O2S. The third-order valence-corrected chi connectivity index (χ3v) is 6.57. The highest BCUT2D eigenvalue weighted by atomic mass is 32.2. The largest absolute Gasteiger partial charge is 0.368 e. The standard InChI is InChI=1S/C22H24N4O2S/c1-3-4-7-14-24-22-21(25-18-8-5-6-9-19(18)26-22)20(15-23)29(27,28)17-12-10-16(2)11-13-17/h5-6,8-13,20H,3-4,7,14H2,1-2H3,(H,24,26)/t20-/m1/s1. The lowest BCUT2D eigenvalue weighted by atomic mass is 10.2. The van der Waals surface area contributed by atoms with E-state index in [-0.39, 0.29) is 10.6 Å². The maximum Gasteiger partial charge on any atom is 0.200 e. The monoisotopic (exact) mass is 408 g/mol. The predicted molar refractivity (Wildman–Crippen MR) is 114 cm³/mol. The number of hydrogen-bond acceptors (Lipinski definition) is 6. The van der Waals surface area contributed by atoms with E-state index in [2.05, 4.69) is 22.2 Å². The minimum absolute atomic E-state index is 0.0986. The Bertz CT molecular complexity index is 1140. The van der Waals surface area contributed by atoms with E-state index < -0.39 is 15.1 Å². The van der Waals surface area contributed by atoms with E-state index in [1.165, 1.54) is 12.1 Å². The van der Waals surface area contributed by atoms with Crippen LogP contribution < -0.4 is 5.32 Å². The second kappa shape index (κ2) is 9.01. The van der Waals surface area contributed by atoms with Crippen LogP contribution >= 0.6 is 0 Å². The van der Waals surface area contributed by atoms with E-state index in [4.69, 9.17) is 0 Å². The molecule has 2 aromatic carbocycles. The molecule has 1 aromatic heterocycles. The van der Waals surface area contributed by atoms with Crippen molar-refractivity contribution in [1.29, 1.82) is 5.26 Å². The van der Waals surface area contributed by atoms with Gasteiger partial charge in [-0.25, -0.2) is 18.4 Å². The number of rotatable bonds is 8. The summed E-state index contributed by atoms with van der Waals surface area (Å²) in [6.45, 7) is 4.63. The van der Waals surface area contributed by atoms with Crippen molar-refractivity contribution in [3.05, 3.63) is 59.8 Å². The summed E-state index contributed by atoms with van der Waals surface area (Å²) < 4.78 is 26.4. The molecule has 3 aromatic rings. The zero-order valence-electron chi connectivity index (χ0n) is 16.6. The molecule has 7 heteroatoms. The zero-order chi connectivity index (χ0) is 20.9. The van der Waals surface area contributed by atoms with E-state index >= 15 is 0 Å². The highest BCUT2D eigenvalue weighted by Crippen LogP contribution is 2.32. The number of nitrogens with one attached hydrogen (secondary N) is 1. The summed E-state index contributed by atoms with van der Waals surface area (Å²) >= 11 is 0. The van der Waals surface area contributed by atoms with Gasteiger partial charge < -0.3 is 5.32 Å². The summed E-state index contributed by atoms with van der Waals surface area (Å²) in [6.07, 6.45) is 3.04. The van der Waals surface area contributed by atoms with Gasteiger partial charge in [0.2, 0.25) is 9.84 Å². The summed E-state index contributed by atoms with van der Waals surface area (Å²) in [5.41, 5.74) is 2.30. The van der Waals surface area contributed by atoms with Gasteiger partial charge in [0.25, 0.3) is 0 Å². The molecule has 0 bridgehead atoms. The first-order valence-electron chi connectivity index (χ1n) is 9.68. The predicted octanol–water partition coefficient (Wildman–Crippen LogP) is 4.58. The Morgan fingerprint density at radius 1 is 1.03 bits per heavy atom. The van der Waals surface area contributed by atoms with Gasteiger partial charge in [-0.3, -0.25) is 0 Å². The molecule has 0 aliphatic carbocycles. The van der Waals surface area contributed by atoms with Crippen molar-refractivity contribution in [2.24, 2.45) is 0 Å². The number of nitriles is 1. The average molecular weight is 409 g/mol. The third kappa shape index (κ3) is 4.54. The number of aryl methyl sites for hydroxylation is 1. The van der Waals surface area contributed by atoms with E-state index in [9.17, 15) is 13.7 Å². The molecule has 0 amide bonds. The molecule has 0 saturated heterocycles. The van der Waals surface area contributed by atoms with E-state index in [0.717, 1.165) is 24.8 Å². The van der Waals surface area contributed by atoms with Crippen LogP contribution in [0.1, 0.15) is 42.7 Å². The molecule has 0 spiro atoms. The number of aromatic nitrogens is 2. The zero-order valence-corrected chi connectivity index (χ0v) is 17.4. The molecule has 0 saturated carbocycles. The molecule has 0 aliphatic heterocycles. The van der Waals surface area contributed by atoms with Gasteiger partial charge in [-0.15, -0.1) is 0 Å². The Kier molecular flexibility index (Phi) is 6.45. The average Bonchev–Trinajstić information content (AvgIpc) is 2.72. The molecule has 150 valence electrons. The van der Waals surface area contributed by atoms with Gasteiger partial charge in [0.15, 0.2) is 11.1 Å². The summed E-state index contributed by atoms with van der Waals surface area (Å²) in [6, 6.07) is 15.7. The van der Waals surface area contributed by atoms with Gasteiger partial charge in [-0.1, -0.05) is 49.6 Å². The fraction of sp³-hybridized carbons (Fsp3) is 0.318. The quantitative estimate of drug-likeness (QED) is 0.548. The topological polar surface area (TPSA) is 95.7 Å². The van der Waals surface area contributed by atoms with E-state index in [1.54, 1.807) is 18.2 Å². The molecule has 6 nitrogen and oxygen atoms in total. The summed E-state index contributed by atoms with van der Waals surface area (Å²) in [7, 11) is -3.95. The van der Waals surface area contributed by atoms with Crippen molar-refractivity contribution < 1.29 is 8.42 Å². The number of unbranched alkanes of at least 4 members (excludes halogenated alkanes) is 2. The lowest BCUT2D eigenvalue weighted by Crippen LogP contribution is -2.17. The molecule has 29 heavy (non-hydrogen) atoms. The molecular weight excluding hydrogens is 384 g/mol.